The van der Waals surface area contributed by atoms with E-state index in [1.165, 1.54) is 21.4 Å². The SMILES string of the molecule is CC(CC(=O)N1C(C)CCC2C(C(=O)O)CCCC21)c1c[nH]c2cccc(-c3cccs3)c12. The Hall–Kier alpha value is -2.60. The topological polar surface area (TPSA) is 73.4 Å². The number of carboxylic acid groups (broad SMARTS) is 1. The van der Waals surface area contributed by atoms with Gasteiger partial charge in [-0.15, -0.1) is 11.3 Å². The van der Waals surface area contributed by atoms with Gasteiger partial charge in [-0.25, -0.2) is 0 Å². The van der Waals surface area contributed by atoms with Crippen molar-refractivity contribution in [2.45, 2.75) is 70.4 Å². The first-order valence-electron chi connectivity index (χ1n) is 12.1. The molecule has 5 atom stereocenters. The number of nitrogens with zero attached hydrogens (tertiary/aromatic N) is 1. The number of nitrogens with one attached hydrogen (secondary N) is 1. The summed E-state index contributed by atoms with van der Waals surface area (Å²) in [7, 11) is 0. The van der Waals surface area contributed by atoms with Gasteiger partial charge in [0.05, 0.1) is 5.92 Å². The zero-order valence-electron chi connectivity index (χ0n) is 19.3. The van der Waals surface area contributed by atoms with E-state index in [-0.39, 0.29) is 35.7 Å². The number of fused-ring (bicyclic) bond motifs is 2. The van der Waals surface area contributed by atoms with Crippen molar-refractivity contribution in [2.75, 3.05) is 0 Å². The fraction of sp³-hybridized carbons (Fsp3) is 0.481. The minimum Gasteiger partial charge on any atom is -0.481 e. The fourth-order valence-electron chi connectivity index (χ4n) is 6.33. The normalized spacial score (nSPS) is 26.2. The van der Waals surface area contributed by atoms with Crippen LogP contribution in [0.2, 0.25) is 0 Å². The van der Waals surface area contributed by atoms with Crippen molar-refractivity contribution in [3.8, 4) is 10.4 Å². The average molecular weight is 465 g/mol. The summed E-state index contributed by atoms with van der Waals surface area (Å²) >= 11 is 1.73. The van der Waals surface area contributed by atoms with Gasteiger partial charge in [-0.1, -0.05) is 31.5 Å². The molecule has 5 rings (SSSR count). The number of aliphatic carboxylic acids is 1. The fourth-order valence-corrected chi connectivity index (χ4v) is 7.09. The number of piperidine rings is 1. The lowest BCUT2D eigenvalue weighted by Gasteiger charge is -2.49. The predicted octanol–water partition coefficient (Wildman–Crippen LogP) is 6.27. The van der Waals surface area contributed by atoms with Crippen molar-refractivity contribution < 1.29 is 14.7 Å². The van der Waals surface area contributed by atoms with Gasteiger partial charge in [0.25, 0.3) is 0 Å². The summed E-state index contributed by atoms with van der Waals surface area (Å²) in [6.45, 7) is 4.27. The number of rotatable bonds is 5. The number of carbonyl (C=O) groups is 2. The Labute approximate surface area is 198 Å². The molecule has 1 aromatic carbocycles. The molecule has 0 radical (unpaired) electrons. The molecule has 1 saturated carbocycles. The van der Waals surface area contributed by atoms with Gasteiger partial charge in [-0.2, -0.15) is 0 Å². The second-order valence-corrected chi connectivity index (χ2v) is 10.8. The first kappa shape index (κ1) is 22.2. The highest BCUT2D eigenvalue weighted by atomic mass is 32.1. The van der Waals surface area contributed by atoms with Crippen LogP contribution in [-0.2, 0) is 9.59 Å². The van der Waals surface area contributed by atoms with Crippen LogP contribution in [-0.4, -0.2) is 39.0 Å². The van der Waals surface area contributed by atoms with E-state index in [4.69, 9.17) is 0 Å². The lowest BCUT2D eigenvalue weighted by molar-refractivity contribution is -0.154. The molecule has 1 aliphatic carbocycles. The van der Waals surface area contributed by atoms with Crippen molar-refractivity contribution in [1.29, 1.82) is 0 Å². The number of thiophene rings is 1. The number of benzene rings is 1. The lowest BCUT2D eigenvalue weighted by Crippen LogP contribution is -2.56. The molecule has 6 heteroatoms. The Kier molecular flexibility index (Phi) is 6.04. The second-order valence-electron chi connectivity index (χ2n) is 9.89. The number of H-pyrrole nitrogens is 1. The van der Waals surface area contributed by atoms with E-state index in [1.807, 2.05) is 0 Å². The summed E-state index contributed by atoms with van der Waals surface area (Å²) in [5, 5.41) is 13.0. The van der Waals surface area contributed by atoms with Crippen LogP contribution in [0, 0.1) is 11.8 Å². The van der Waals surface area contributed by atoms with Gasteiger partial charge >= 0.3 is 5.97 Å². The highest BCUT2D eigenvalue weighted by Gasteiger charge is 2.45. The number of carbonyl (C=O) groups excluding carboxylic acids is 1. The van der Waals surface area contributed by atoms with Gasteiger partial charge in [0.2, 0.25) is 5.91 Å². The van der Waals surface area contributed by atoms with Crippen molar-refractivity contribution in [3.05, 3.63) is 47.5 Å². The zero-order chi connectivity index (χ0) is 23.1. The van der Waals surface area contributed by atoms with Crippen molar-refractivity contribution in [1.82, 2.24) is 9.88 Å². The molecular weight excluding hydrogens is 432 g/mol. The van der Waals surface area contributed by atoms with Crippen LogP contribution in [0.4, 0.5) is 0 Å². The van der Waals surface area contributed by atoms with E-state index >= 15 is 0 Å². The maximum absolute atomic E-state index is 13.7. The number of carboxylic acids is 1. The van der Waals surface area contributed by atoms with Crippen LogP contribution < -0.4 is 0 Å². The molecule has 0 spiro atoms. The Morgan fingerprint density at radius 1 is 1.18 bits per heavy atom. The van der Waals surface area contributed by atoms with E-state index in [1.54, 1.807) is 11.3 Å². The quantitative estimate of drug-likeness (QED) is 0.467. The highest BCUT2D eigenvalue weighted by molar-refractivity contribution is 7.13. The first-order chi connectivity index (χ1) is 16.0. The molecular formula is C27H32N2O3S. The monoisotopic (exact) mass is 464 g/mol. The molecule has 2 fully saturated rings. The molecule has 0 bridgehead atoms. The van der Waals surface area contributed by atoms with Gasteiger partial charge in [-0.05, 0) is 67.5 Å². The van der Waals surface area contributed by atoms with E-state index < -0.39 is 5.97 Å². The zero-order valence-corrected chi connectivity index (χ0v) is 20.1. The molecule has 174 valence electrons. The van der Waals surface area contributed by atoms with E-state index in [9.17, 15) is 14.7 Å². The molecule has 1 amide bonds. The summed E-state index contributed by atoms with van der Waals surface area (Å²) in [6.07, 6.45) is 6.85. The maximum atomic E-state index is 13.7. The van der Waals surface area contributed by atoms with Crippen LogP contribution in [0.3, 0.4) is 0 Å². The molecule has 2 aromatic heterocycles. The summed E-state index contributed by atoms with van der Waals surface area (Å²) in [5.74, 6) is -0.686. The minimum absolute atomic E-state index is 0.0629. The van der Waals surface area contributed by atoms with Gasteiger partial charge in [0.15, 0.2) is 0 Å². The Morgan fingerprint density at radius 2 is 2.03 bits per heavy atom. The lowest BCUT2D eigenvalue weighted by atomic mass is 9.70. The van der Waals surface area contributed by atoms with E-state index in [0.29, 0.717) is 6.42 Å². The number of likely N-dealkylation sites (tertiary alicyclic amines) is 1. The molecule has 2 aliphatic rings. The van der Waals surface area contributed by atoms with Gasteiger partial charge in [0, 0.05) is 46.0 Å². The number of aromatic nitrogens is 1. The summed E-state index contributed by atoms with van der Waals surface area (Å²) in [6, 6.07) is 10.8. The minimum atomic E-state index is -0.695. The van der Waals surface area contributed by atoms with Crippen LogP contribution in [0.25, 0.3) is 21.3 Å². The number of hydrogen-bond donors (Lipinski definition) is 2. The summed E-state index contributed by atoms with van der Waals surface area (Å²) < 4.78 is 0. The molecule has 5 unspecified atom stereocenters. The molecule has 5 nitrogen and oxygen atoms in total. The highest BCUT2D eigenvalue weighted by Crippen LogP contribution is 2.43. The van der Waals surface area contributed by atoms with Crippen LogP contribution >= 0.6 is 11.3 Å². The molecule has 2 N–H and O–H groups in total. The van der Waals surface area contributed by atoms with Crippen molar-refractivity contribution >= 4 is 34.1 Å². The third-order valence-electron chi connectivity index (χ3n) is 7.92. The van der Waals surface area contributed by atoms with Gasteiger partial charge in [0.1, 0.15) is 0 Å². The predicted molar refractivity (Wildman–Crippen MR) is 132 cm³/mol. The number of hydrogen-bond acceptors (Lipinski definition) is 3. The number of aromatic amines is 1. The van der Waals surface area contributed by atoms with Crippen LogP contribution in [0.5, 0.6) is 0 Å². The van der Waals surface area contributed by atoms with Crippen molar-refractivity contribution in [2.24, 2.45) is 11.8 Å². The third kappa shape index (κ3) is 3.99. The largest absolute Gasteiger partial charge is 0.481 e. The van der Waals surface area contributed by atoms with Gasteiger partial charge < -0.3 is 15.0 Å². The molecule has 3 aromatic rings. The molecule has 33 heavy (non-hydrogen) atoms. The average Bonchev–Trinajstić information content (AvgIpc) is 3.48. The van der Waals surface area contributed by atoms with Gasteiger partial charge in [-0.3, -0.25) is 9.59 Å². The molecule has 1 aliphatic heterocycles. The Bertz CT molecular complexity index is 1150. The van der Waals surface area contributed by atoms with E-state index in [0.717, 1.165) is 37.6 Å². The third-order valence-corrected chi connectivity index (χ3v) is 8.82. The standard InChI is InChI=1S/C27H32N2O3S/c1-16(21-15-28-22-8-3-7-20(26(21)22)24-10-5-13-33-24)14-25(30)29-17(2)11-12-18-19(27(31)32)6-4-9-23(18)29/h3,5,7-8,10,13,15-19,23,28H,4,6,9,11-12,14H2,1-2H3,(H,31,32). The van der Waals surface area contributed by atoms with Crippen LogP contribution in [0.1, 0.15) is 63.9 Å². The number of amides is 1. The molecule has 1 saturated heterocycles. The maximum Gasteiger partial charge on any atom is 0.306 e. The first-order valence-corrected chi connectivity index (χ1v) is 13.0. The summed E-state index contributed by atoms with van der Waals surface area (Å²) in [5.41, 5.74) is 3.48. The second kappa shape index (κ2) is 8.98. The van der Waals surface area contributed by atoms with E-state index in [2.05, 4.69) is 65.6 Å². The van der Waals surface area contributed by atoms with Crippen LogP contribution in [0.15, 0.2) is 41.9 Å². The Morgan fingerprint density at radius 3 is 2.79 bits per heavy atom. The summed E-state index contributed by atoms with van der Waals surface area (Å²) in [4.78, 5) is 32.2. The van der Waals surface area contributed by atoms with Crippen molar-refractivity contribution in [3.63, 3.8) is 0 Å². The molecule has 3 heterocycles. The smallest absolute Gasteiger partial charge is 0.306 e. The Balaban J connectivity index is 1.41.